The molecule has 5 N–H and O–H groups in total. The van der Waals surface area contributed by atoms with Gasteiger partial charge in [-0.15, -0.1) is 0 Å². The number of urea groups is 1. The minimum atomic E-state index is -0.645. The van der Waals surface area contributed by atoms with Gasteiger partial charge in [0.15, 0.2) is 0 Å². The molecule has 18 heavy (non-hydrogen) atoms. The van der Waals surface area contributed by atoms with E-state index in [2.05, 4.69) is 16.0 Å². The van der Waals surface area contributed by atoms with E-state index in [-0.39, 0.29) is 11.9 Å². The van der Waals surface area contributed by atoms with Gasteiger partial charge in [0, 0.05) is 12.6 Å². The third-order valence-corrected chi connectivity index (χ3v) is 3.12. The third-order valence-electron chi connectivity index (χ3n) is 3.12. The molecule has 104 valence electrons. The normalized spacial score (nSPS) is 21.1. The number of amides is 3. The highest BCUT2D eigenvalue weighted by Gasteiger charge is 2.22. The van der Waals surface area contributed by atoms with E-state index in [4.69, 9.17) is 5.73 Å². The van der Waals surface area contributed by atoms with E-state index in [0.717, 1.165) is 38.8 Å². The second-order valence-corrected chi connectivity index (χ2v) is 4.76. The largest absolute Gasteiger partial charge is 0.352 e. The summed E-state index contributed by atoms with van der Waals surface area (Å²) < 4.78 is 0. The number of carbonyl (C=O) groups is 2. The van der Waals surface area contributed by atoms with E-state index in [1.165, 1.54) is 0 Å². The topological polar surface area (TPSA) is 96.2 Å². The van der Waals surface area contributed by atoms with Gasteiger partial charge in [-0.25, -0.2) is 4.79 Å². The van der Waals surface area contributed by atoms with E-state index in [0.29, 0.717) is 6.42 Å². The average molecular weight is 256 g/mol. The Hall–Kier alpha value is -1.30. The Balaban J connectivity index is 2.43. The Morgan fingerprint density at radius 2 is 2.28 bits per heavy atom. The van der Waals surface area contributed by atoms with Crippen LogP contribution in [0.15, 0.2) is 0 Å². The quantitative estimate of drug-likeness (QED) is 0.542. The average Bonchev–Trinajstić information content (AvgIpc) is 2.35. The van der Waals surface area contributed by atoms with Gasteiger partial charge in [-0.1, -0.05) is 19.8 Å². The molecule has 6 nitrogen and oxygen atoms in total. The third kappa shape index (κ3) is 5.35. The molecule has 0 aromatic rings. The number of hydrogen-bond acceptors (Lipinski definition) is 3. The van der Waals surface area contributed by atoms with Crippen LogP contribution in [0.3, 0.4) is 0 Å². The number of nitrogens with one attached hydrogen (secondary N) is 3. The first kappa shape index (κ1) is 14.8. The number of carbonyl (C=O) groups excluding carboxylic acids is 2. The first-order chi connectivity index (χ1) is 8.63. The Labute approximate surface area is 108 Å². The van der Waals surface area contributed by atoms with Gasteiger partial charge in [0.1, 0.15) is 6.04 Å². The van der Waals surface area contributed by atoms with Crippen LogP contribution in [0.5, 0.6) is 0 Å². The molecule has 0 aliphatic carbocycles. The summed E-state index contributed by atoms with van der Waals surface area (Å²) in [6, 6.07) is -0.998. The molecule has 0 bridgehead atoms. The van der Waals surface area contributed by atoms with E-state index in [1.807, 2.05) is 6.92 Å². The summed E-state index contributed by atoms with van der Waals surface area (Å²) in [5.74, 6) is -0.129. The Morgan fingerprint density at radius 3 is 2.83 bits per heavy atom. The summed E-state index contributed by atoms with van der Waals surface area (Å²) in [5, 5.41) is 8.71. The molecule has 2 atom stereocenters. The summed E-state index contributed by atoms with van der Waals surface area (Å²) in [4.78, 5) is 22.9. The minimum absolute atomic E-state index is 0.129. The zero-order valence-electron chi connectivity index (χ0n) is 11.0. The zero-order chi connectivity index (χ0) is 13.4. The first-order valence-electron chi connectivity index (χ1n) is 6.70. The van der Waals surface area contributed by atoms with Gasteiger partial charge in [0.05, 0.1) is 0 Å². The highest BCUT2D eigenvalue weighted by atomic mass is 16.2. The molecule has 1 fully saturated rings. The van der Waals surface area contributed by atoms with E-state index < -0.39 is 12.1 Å². The monoisotopic (exact) mass is 256 g/mol. The lowest BCUT2D eigenvalue weighted by Gasteiger charge is -2.26. The van der Waals surface area contributed by atoms with Gasteiger partial charge in [0.25, 0.3) is 0 Å². The van der Waals surface area contributed by atoms with Crippen LogP contribution in [0.2, 0.25) is 0 Å². The van der Waals surface area contributed by atoms with Crippen LogP contribution in [0.25, 0.3) is 0 Å². The summed E-state index contributed by atoms with van der Waals surface area (Å²) in [7, 11) is 0. The lowest BCUT2D eigenvalue weighted by Crippen LogP contribution is -2.53. The molecule has 1 aliphatic rings. The summed E-state index contributed by atoms with van der Waals surface area (Å²) >= 11 is 0. The van der Waals surface area contributed by atoms with Crippen molar-refractivity contribution in [1.29, 1.82) is 0 Å². The highest BCUT2D eigenvalue weighted by Crippen LogP contribution is 2.05. The van der Waals surface area contributed by atoms with Crippen molar-refractivity contribution in [2.24, 2.45) is 5.73 Å². The summed E-state index contributed by atoms with van der Waals surface area (Å²) in [5.41, 5.74) is 5.09. The van der Waals surface area contributed by atoms with Gasteiger partial charge in [0.2, 0.25) is 5.91 Å². The number of piperidine rings is 1. The zero-order valence-corrected chi connectivity index (χ0v) is 11.0. The molecule has 0 radical (unpaired) electrons. The SMILES string of the molecule is CCCCC(NC(N)=O)C(=O)NC1CCCNC1. The standard InChI is InChI=1S/C12H24N4O2/c1-2-3-6-10(16-12(13)18)11(17)15-9-5-4-7-14-8-9/h9-10,14H,2-8H2,1H3,(H,15,17)(H3,13,16,18). The molecule has 1 aliphatic heterocycles. The molecular weight excluding hydrogens is 232 g/mol. The van der Waals surface area contributed by atoms with Crippen molar-refractivity contribution in [3.8, 4) is 0 Å². The fourth-order valence-corrected chi connectivity index (χ4v) is 2.13. The summed E-state index contributed by atoms with van der Waals surface area (Å²) in [6.07, 6.45) is 4.55. The first-order valence-corrected chi connectivity index (χ1v) is 6.70. The predicted octanol–water partition coefficient (Wildman–Crippen LogP) is 0.0817. The van der Waals surface area contributed by atoms with Gasteiger partial charge in [-0.2, -0.15) is 0 Å². The maximum atomic E-state index is 12.0. The number of unbranched alkanes of at least 4 members (excludes halogenated alkanes) is 1. The molecule has 6 heteroatoms. The molecule has 0 aromatic carbocycles. The molecule has 1 heterocycles. The van der Waals surface area contributed by atoms with E-state index in [1.54, 1.807) is 0 Å². The van der Waals surface area contributed by atoms with Crippen LogP contribution in [-0.4, -0.2) is 37.1 Å². The van der Waals surface area contributed by atoms with Crippen molar-refractivity contribution in [3.05, 3.63) is 0 Å². The second-order valence-electron chi connectivity index (χ2n) is 4.76. The van der Waals surface area contributed by atoms with Crippen molar-refractivity contribution in [2.75, 3.05) is 13.1 Å². The maximum absolute atomic E-state index is 12.0. The molecule has 1 saturated heterocycles. The van der Waals surface area contributed by atoms with Crippen LogP contribution in [0.1, 0.15) is 39.0 Å². The molecule has 0 aromatic heterocycles. The highest BCUT2D eigenvalue weighted by molar-refractivity contribution is 5.86. The molecule has 0 spiro atoms. The van der Waals surface area contributed by atoms with Gasteiger partial charge >= 0.3 is 6.03 Å². The van der Waals surface area contributed by atoms with Crippen molar-refractivity contribution < 1.29 is 9.59 Å². The molecule has 2 unspecified atom stereocenters. The lowest BCUT2D eigenvalue weighted by atomic mass is 10.1. The van der Waals surface area contributed by atoms with E-state index >= 15 is 0 Å². The maximum Gasteiger partial charge on any atom is 0.312 e. The van der Waals surface area contributed by atoms with Crippen molar-refractivity contribution in [2.45, 2.75) is 51.1 Å². The van der Waals surface area contributed by atoms with E-state index in [9.17, 15) is 9.59 Å². The van der Waals surface area contributed by atoms with Crippen LogP contribution in [0.4, 0.5) is 4.79 Å². The molecule has 0 saturated carbocycles. The van der Waals surface area contributed by atoms with Crippen LogP contribution < -0.4 is 21.7 Å². The van der Waals surface area contributed by atoms with Crippen molar-refractivity contribution in [1.82, 2.24) is 16.0 Å². The fraction of sp³-hybridized carbons (Fsp3) is 0.833. The number of hydrogen-bond donors (Lipinski definition) is 4. The lowest BCUT2D eigenvalue weighted by molar-refractivity contribution is -0.123. The van der Waals surface area contributed by atoms with Crippen molar-refractivity contribution >= 4 is 11.9 Å². The molecule has 1 rings (SSSR count). The Bertz CT molecular complexity index is 277. The second kappa shape index (κ2) is 7.92. The summed E-state index contributed by atoms with van der Waals surface area (Å²) in [6.45, 7) is 3.85. The fourth-order valence-electron chi connectivity index (χ4n) is 2.13. The van der Waals surface area contributed by atoms with Gasteiger partial charge in [-0.05, 0) is 25.8 Å². The Morgan fingerprint density at radius 1 is 1.50 bits per heavy atom. The minimum Gasteiger partial charge on any atom is -0.352 e. The number of nitrogens with two attached hydrogens (primary N) is 1. The van der Waals surface area contributed by atoms with Crippen LogP contribution in [-0.2, 0) is 4.79 Å². The smallest absolute Gasteiger partial charge is 0.312 e. The van der Waals surface area contributed by atoms with Crippen LogP contribution >= 0.6 is 0 Å². The molecular formula is C12H24N4O2. The van der Waals surface area contributed by atoms with Gasteiger partial charge < -0.3 is 21.7 Å². The van der Waals surface area contributed by atoms with Gasteiger partial charge in [-0.3, -0.25) is 4.79 Å². The van der Waals surface area contributed by atoms with Crippen molar-refractivity contribution in [3.63, 3.8) is 0 Å². The predicted molar refractivity (Wildman–Crippen MR) is 70.1 cm³/mol. The Kier molecular flexibility index (Phi) is 6.49. The number of rotatable bonds is 6. The molecule has 3 amide bonds. The van der Waals surface area contributed by atoms with Crippen LogP contribution in [0, 0.1) is 0 Å². The number of primary amides is 1.